The number of allylic oxidation sites excluding steroid dienone is 3. The number of nitrogens with zero attached hydrogens (tertiary/aromatic N) is 1. The van der Waals surface area contributed by atoms with Crippen LogP contribution in [-0.4, -0.2) is 15.6 Å². The van der Waals surface area contributed by atoms with E-state index >= 15 is 0 Å². The number of hydrogen-bond donors (Lipinski definition) is 0. The average Bonchev–Trinajstić information content (AvgIpc) is 2.54. The molecule has 1 unspecified atom stereocenters. The summed E-state index contributed by atoms with van der Waals surface area (Å²) in [5, 5.41) is 0.385. The summed E-state index contributed by atoms with van der Waals surface area (Å²) in [5.41, 5.74) is 1.74. The zero-order valence-electron chi connectivity index (χ0n) is 14.1. The van der Waals surface area contributed by atoms with E-state index in [9.17, 15) is 8.78 Å². The third-order valence-electron chi connectivity index (χ3n) is 4.19. The Morgan fingerprint density at radius 3 is 2.83 bits per heavy atom. The van der Waals surface area contributed by atoms with Crippen molar-refractivity contribution in [1.29, 1.82) is 0 Å². The average molecular weight is 337 g/mol. The monoisotopic (exact) mass is 337 g/mol. The fourth-order valence-corrected chi connectivity index (χ4v) is 4.18. The van der Waals surface area contributed by atoms with E-state index in [0.29, 0.717) is 23.4 Å². The Balaban J connectivity index is 2.11. The van der Waals surface area contributed by atoms with Gasteiger partial charge in [0.2, 0.25) is 0 Å². The summed E-state index contributed by atoms with van der Waals surface area (Å²) in [6, 6.07) is 4.04. The van der Waals surface area contributed by atoms with Gasteiger partial charge >= 0.3 is 0 Å². The molecule has 1 aliphatic rings. The van der Waals surface area contributed by atoms with Crippen LogP contribution < -0.4 is 0 Å². The fraction of sp³-hybridized carbons (Fsp3) is 0.474. The lowest BCUT2D eigenvalue weighted by Gasteiger charge is -2.37. The van der Waals surface area contributed by atoms with Crippen molar-refractivity contribution in [3.8, 4) is 0 Å². The van der Waals surface area contributed by atoms with Crippen LogP contribution in [0.5, 0.6) is 0 Å². The van der Waals surface area contributed by atoms with Gasteiger partial charge in [0.25, 0.3) is 0 Å². The molecular formula is C19H25F2NS. The van der Waals surface area contributed by atoms with Crippen molar-refractivity contribution in [1.82, 2.24) is 4.31 Å². The molecule has 0 spiro atoms. The zero-order valence-corrected chi connectivity index (χ0v) is 14.9. The molecule has 1 nitrogen and oxygen atoms in total. The lowest BCUT2D eigenvalue weighted by Crippen LogP contribution is -2.34. The maximum atomic E-state index is 13.9. The van der Waals surface area contributed by atoms with Crippen LogP contribution in [0.25, 0.3) is 0 Å². The predicted molar refractivity (Wildman–Crippen MR) is 95.2 cm³/mol. The fourth-order valence-electron chi connectivity index (χ4n) is 2.75. The molecule has 0 radical (unpaired) electrons. The van der Waals surface area contributed by atoms with Crippen molar-refractivity contribution < 1.29 is 8.78 Å². The first-order chi connectivity index (χ1) is 11.0. The maximum absolute atomic E-state index is 13.9. The molecule has 1 fully saturated rings. The first-order valence-electron chi connectivity index (χ1n) is 8.25. The Kier molecular flexibility index (Phi) is 6.85. The molecule has 0 bridgehead atoms. The summed E-state index contributed by atoms with van der Waals surface area (Å²) >= 11 is 1.76. The van der Waals surface area contributed by atoms with E-state index in [2.05, 4.69) is 43.3 Å². The van der Waals surface area contributed by atoms with Crippen LogP contribution in [0.15, 0.2) is 42.0 Å². The van der Waals surface area contributed by atoms with Crippen molar-refractivity contribution >= 4 is 11.9 Å². The Bertz CT molecular complexity index is 583. The standard InChI is InChI=1S/C19H25F2NS/c1-4-6-7-15(5-2)19-11-8-14(3)22(23-19)13-16-12-17(20)9-10-18(16)21/h5-7,9-10,12,14,19H,4,8,11,13H2,1-3H3/b7-6-,15-5+/t14-,19?/m0/s1. The lowest BCUT2D eigenvalue weighted by atomic mass is 10.0. The van der Waals surface area contributed by atoms with E-state index in [0.717, 1.165) is 19.3 Å². The van der Waals surface area contributed by atoms with E-state index in [4.69, 9.17) is 0 Å². The van der Waals surface area contributed by atoms with Crippen LogP contribution in [-0.2, 0) is 6.54 Å². The maximum Gasteiger partial charge on any atom is 0.127 e. The first kappa shape index (κ1) is 18.2. The van der Waals surface area contributed by atoms with Crippen molar-refractivity contribution in [2.45, 2.75) is 57.9 Å². The van der Waals surface area contributed by atoms with E-state index in [1.165, 1.54) is 23.8 Å². The SMILES string of the molecule is C/C=C(\C=C/CC)C1CC[C@H](C)N(Cc2cc(F)ccc2F)S1. The van der Waals surface area contributed by atoms with Crippen LogP contribution in [0, 0.1) is 11.6 Å². The first-order valence-corrected chi connectivity index (χ1v) is 9.08. The van der Waals surface area contributed by atoms with Gasteiger partial charge in [0.1, 0.15) is 11.6 Å². The van der Waals surface area contributed by atoms with Gasteiger partial charge in [-0.1, -0.05) is 37.1 Å². The summed E-state index contributed by atoms with van der Waals surface area (Å²) in [5.74, 6) is -0.717. The van der Waals surface area contributed by atoms with Crippen molar-refractivity contribution in [3.05, 3.63) is 59.2 Å². The highest BCUT2D eigenvalue weighted by Gasteiger charge is 2.28. The van der Waals surface area contributed by atoms with Gasteiger partial charge in [-0.3, -0.25) is 0 Å². The molecule has 1 aliphatic heterocycles. The van der Waals surface area contributed by atoms with Crippen LogP contribution in [0.3, 0.4) is 0 Å². The van der Waals surface area contributed by atoms with E-state index in [-0.39, 0.29) is 11.6 Å². The van der Waals surface area contributed by atoms with Crippen molar-refractivity contribution in [3.63, 3.8) is 0 Å². The molecule has 0 amide bonds. The Hall–Kier alpha value is -1.13. The molecule has 0 aliphatic carbocycles. The molecule has 0 aromatic heterocycles. The summed E-state index contributed by atoms with van der Waals surface area (Å²) in [6.45, 7) is 6.77. The van der Waals surface area contributed by atoms with Gasteiger partial charge in [-0.05, 0) is 56.9 Å². The molecule has 2 atom stereocenters. The molecule has 1 aromatic carbocycles. The van der Waals surface area contributed by atoms with Crippen LogP contribution in [0.1, 0.15) is 45.6 Å². The van der Waals surface area contributed by atoms with Gasteiger partial charge in [0.15, 0.2) is 0 Å². The molecule has 0 saturated carbocycles. The molecule has 23 heavy (non-hydrogen) atoms. The second-order valence-electron chi connectivity index (χ2n) is 5.93. The molecule has 1 heterocycles. The molecular weight excluding hydrogens is 312 g/mol. The number of benzene rings is 1. The molecule has 0 N–H and O–H groups in total. The van der Waals surface area contributed by atoms with Crippen molar-refractivity contribution in [2.75, 3.05) is 0 Å². The molecule has 1 aromatic rings. The number of halogens is 2. The smallest absolute Gasteiger partial charge is 0.127 e. The predicted octanol–water partition coefficient (Wildman–Crippen LogP) is 5.88. The second kappa shape index (κ2) is 8.65. The van der Waals surface area contributed by atoms with Crippen LogP contribution >= 0.6 is 11.9 Å². The Morgan fingerprint density at radius 2 is 2.13 bits per heavy atom. The zero-order chi connectivity index (χ0) is 16.8. The van der Waals surface area contributed by atoms with Gasteiger partial charge in [0, 0.05) is 23.4 Å². The second-order valence-corrected chi connectivity index (χ2v) is 7.18. The molecule has 126 valence electrons. The quantitative estimate of drug-likeness (QED) is 0.488. The molecule has 4 heteroatoms. The minimum Gasteiger partial charge on any atom is -0.243 e. The van der Waals surface area contributed by atoms with E-state index in [1.807, 2.05) is 0 Å². The van der Waals surface area contributed by atoms with Gasteiger partial charge < -0.3 is 0 Å². The number of hydrogen-bond acceptors (Lipinski definition) is 2. The normalized spacial score (nSPS) is 23.6. The van der Waals surface area contributed by atoms with Crippen LogP contribution in [0.2, 0.25) is 0 Å². The topological polar surface area (TPSA) is 3.24 Å². The third kappa shape index (κ3) is 4.92. The van der Waals surface area contributed by atoms with Gasteiger partial charge in [-0.25, -0.2) is 13.1 Å². The Labute approximate surface area is 142 Å². The number of rotatable bonds is 5. The lowest BCUT2D eigenvalue weighted by molar-refractivity contribution is 0.321. The van der Waals surface area contributed by atoms with E-state index < -0.39 is 0 Å². The minimum absolute atomic E-state index is 0.335. The Morgan fingerprint density at radius 1 is 1.35 bits per heavy atom. The highest BCUT2D eigenvalue weighted by Crippen LogP contribution is 2.37. The largest absolute Gasteiger partial charge is 0.243 e. The molecule has 2 rings (SSSR count). The van der Waals surface area contributed by atoms with Crippen molar-refractivity contribution in [2.24, 2.45) is 0 Å². The summed E-state index contributed by atoms with van der Waals surface area (Å²) in [6.07, 6.45) is 9.71. The third-order valence-corrected chi connectivity index (χ3v) is 5.71. The highest BCUT2D eigenvalue weighted by molar-refractivity contribution is 7.97. The highest BCUT2D eigenvalue weighted by atomic mass is 32.2. The minimum atomic E-state index is -0.382. The van der Waals surface area contributed by atoms with Gasteiger partial charge in [-0.2, -0.15) is 0 Å². The molecule has 1 saturated heterocycles. The summed E-state index contributed by atoms with van der Waals surface area (Å²) in [4.78, 5) is 0. The van der Waals surface area contributed by atoms with E-state index in [1.54, 1.807) is 11.9 Å². The summed E-state index contributed by atoms with van der Waals surface area (Å²) in [7, 11) is 0. The van der Waals surface area contributed by atoms with Gasteiger partial charge in [0.05, 0.1) is 0 Å². The van der Waals surface area contributed by atoms with Crippen LogP contribution in [0.4, 0.5) is 8.78 Å². The van der Waals surface area contributed by atoms with Gasteiger partial charge in [-0.15, -0.1) is 0 Å². The summed E-state index contributed by atoms with van der Waals surface area (Å²) < 4.78 is 29.5.